The smallest absolute Gasteiger partial charge is 0.362 e. The van der Waals surface area contributed by atoms with E-state index in [1.807, 2.05) is 21.1 Å². The molecule has 8 heteroatoms. The maximum atomic E-state index is 12.7. The number of hydrogen-bond acceptors (Lipinski definition) is 6. The maximum Gasteiger partial charge on any atom is 0.362 e. The number of nitrogens with zero attached hydrogens (tertiary/aromatic N) is 1. The molecule has 318 valence electrons. The van der Waals surface area contributed by atoms with Gasteiger partial charge in [0.2, 0.25) is 0 Å². The van der Waals surface area contributed by atoms with Gasteiger partial charge in [-0.05, 0) is 70.6 Å². The number of carboxylic acids is 1. The highest BCUT2D eigenvalue weighted by atomic mass is 16.6. The Kier molecular flexibility index (Phi) is 36.3. The Morgan fingerprint density at radius 2 is 0.982 bits per heavy atom. The summed E-state index contributed by atoms with van der Waals surface area (Å²) in [6.07, 6.45) is 44.5. The van der Waals surface area contributed by atoms with E-state index in [-0.39, 0.29) is 36.2 Å². The average molecular weight is 775 g/mol. The molecule has 0 aromatic carbocycles. The standard InChI is InChI=1S/C47H83NO7/c1-6-8-10-12-14-16-17-18-19-20-21-22-23-24-25-26-27-28-30-32-34-36-38-46(50)55-43(41-53-40-39-44(47(51)52)48(3,4)5)42-54-45(49)37-35-33-31-29-15-13-11-9-7-2/h14,16,18-19,21-22,29,31,43-44H,6-13,15,17,20,23-28,30,32-42H2,1-5H3/p+1/b16-14+,19-18+,22-21+,31-29+. The molecule has 0 bridgehead atoms. The Bertz CT molecular complexity index is 1040. The van der Waals surface area contributed by atoms with Crippen LogP contribution in [0.2, 0.25) is 0 Å². The van der Waals surface area contributed by atoms with Crippen LogP contribution in [-0.2, 0) is 28.6 Å². The summed E-state index contributed by atoms with van der Waals surface area (Å²) in [5.41, 5.74) is 0. The summed E-state index contributed by atoms with van der Waals surface area (Å²) in [5.74, 6) is -1.52. The number of carbonyl (C=O) groups is 3. The Hall–Kier alpha value is -2.71. The first-order chi connectivity index (χ1) is 26.6. The second-order valence-corrected chi connectivity index (χ2v) is 15.9. The number of aliphatic carboxylic acids is 1. The number of unbranched alkanes of at least 4 members (excludes halogenated alkanes) is 17. The first-order valence-corrected chi connectivity index (χ1v) is 22.2. The van der Waals surface area contributed by atoms with Gasteiger partial charge in [-0.2, -0.15) is 0 Å². The predicted octanol–water partition coefficient (Wildman–Crippen LogP) is 12.0. The van der Waals surface area contributed by atoms with Gasteiger partial charge in [0.15, 0.2) is 12.1 Å². The molecular formula is C47H84NO7+. The van der Waals surface area contributed by atoms with Crippen molar-refractivity contribution in [1.82, 2.24) is 0 Å². The molecule has 0 saturated heterocycles. The van der Waals surface area contributed by atoms with Gasteiger partial charge in [-0.15, -0.1) is 0 Å². The quantitative estimate of drug-likeness (QED) is 0.0287. The van der Waals surface area contributed by atoms with E-state index in [9.17, 15) is 19.5 Å². The van der Waals surface area contributed by atoms with Crippen molar-refractivity contribution in [1.29, 1.82) is 0 Å². The summed E-state index contributed by atoms with van der Waals surface area (Å²) in [6, 6.07) is -0.618. The fourth-order valence-corrected chi connectivity index (χ4v) is 6.22. The van der Waals surface area contributed by atoms with Crippen molar-refractivity contribution in [3.05, 3.63) is 48.6 Å². The molecule has 55 heavy (non-hydrogen) atoms. The molecule has 0 rings (SSSR count). The van der Waals surface area contributed by atoms with E-state index < -0.39 is 18.1 Å². The summed E-state index contributed by atoms with van der Waals surface area (Å²) in [6.45, 7) is 4.63. The van der Waals surface area contributed by atoms with Crippen molar-refractivity contribution in [2.24, 2.45) is 0 Å². The second kappa shape index (κ2) is 38.2. The molecule has 0 heterocycles. The predicted molar refractivity (Wildman–Crippen MR) is 229 cm³/mol. The van der Waals surface area contributed by atoms with E-state index in [4.69, 9.17) is 14.2 Å². The third kappa shape index (κ3) is 36.7. The van der Waals surface area contributed by atoms with Gasteiger partial charge in [0, 0.05) is 19.3 Å². The fraction of sp³-hybridized carbons (Fsp3) is 0.766. The highest BCUT2D eigenvalue weighted by molar-refractivity contribution is 5.72. The molecule has 0 fully saturated rings. The summed E-state index contributed by atoms with van der Waals surface area (Å²) in [5, 5.41) is 9.60. The topological polar surface area (TPSA) is 99.1 Å². The number of rotatable bonds is 39. The van der Waals surface area contributed by atoms with E-state index in [1.165, 1.54) is 89.9 Å². The minimum absolute atomic E-state index is 0.0499. The number of likely N-dealkylation sites (N-methyl/N-ethyl adjacent to an activating group) is 1. The number of carbonyl (C=O) groups excluding carboxylic acids is 2. The lowest BCUT2D eigenvalue weighted by molar-refractivity contribution is -0.887. The van der Waals surface area contributed by atoms with Crippen LogP contribution >= 0.6 is 0 Å². The van der Waals surface area contributed by atoms with Crippen molar-refractivity contribution in [3.63, 3.8) is 0 Å². The van der Waals surface area contributed by atoms with Gasteiger partial charge in [-0.1, -0.05) is 140 Å². The van der Waals surface area contributed by atoms with Gasteiger partial charge in [0.25, 0.3) is 0 Å². The summed E-state index contributed by atoms with van der Waals surface area (Å²) >= 11 is 0. The van der Waals surface area contributed by atoms with Crippen molar-refractivity contribution >= 4 is 17.9 Å². The Morgan fingerprint density at radius 1 is 0.545 bits per heavy atom. The van der Waals surface area contributed by atoms with Crippen LogP contribution in [0.1, 0.15) is 181 Å². The monoisotopic (exact) mass is 775 g/mol. The van der Waals surface area contributed by atoms with E-state index in [0.29, 0.717) is 25.7 Å². The molecule has 2 atom stereocenters. The van der Waals surface area contributed by atoms with Gasteiger partial charge in [-0.3, -0.25) is 9.59 Å². The van der Waals surface area contributed by atoms with Crippen LogP contribution in [-0.4, -0.2) is 80.6 Å². The molecule has 0 radical (unpaired) electrons. The number of ether oxygens (including phenoxy) is 3. The molecule has 0 amide bonds. The van der Waals surface area contributed by atoms with Gasteiger partial charge in [0.05, 0.1) is 34.4 Å². The Morgan fingerprint density at radius 3 is 1.53 bits per heavy atom. The van der Waals surface area contributed by atoms with Crippen LogP contribution in [0.25, 0.3) is 0 Å². The van der Waals surface area contributed by atoms with Gasteiger partial charge < -0.3 is 23.8 Å². The zero-order valence-corrected chi connectivity index (χ0v) is 36.1. The summed E-state index contributed by atoms with van der Waals surface area (Å²) in [7, 11) is 5.51. The van der Waals surface area contributed by atoms with E-state index in [1.54, 1.807) is 0 Å². The normalized spacial score (nSPS) is 13.4. The summed E-state index contributed by atoms with van der Waals surface area (Å²) < 4.78 is 17.2. The summed E-state index contributed by atoms with van der Waals surface area (Å²) in [4.78, 5) is 36.8. The maximum absolute atomic E-state index is 12.7. The van der Waals surface area contributed by atoms with E-state index in [0.717, 1.165) is 51.4 Å². The van der Waals surface area contributed by atoms with Gasteiger partial charge >= 0.3 is 17.9 Å². The SMILES string of the molecule is CCCCC/C=C/C/C=C/C/C=C/CCCCCCCCCCCC(=O)OC(COCCC(C(=O)O)[N+](C)(C)C)COC(=O)CCC/C=C/CCCCCC. The lowest BCUT2D eigenvalue weighted by Crippen LogP contribution is -2.50. The van der Waals surface area contributed by atoms with Crippen molar-refractivity contribution in [3.8, 4) is 0 Å². The van der Waals surface area contributed by atoms with Gasteiger partial charge in [0.1, 0.15) is 6.61 Å². The highest BCUT2D eigenvalue weighted by Crippen LogP contribution is 2.14. The second-order valence-electron chi connectivity index (χ2n) is 15.9. The number of carboxylic acid groups (broad SMARTS) is 1. The molecule has 0 aliphatic rings. The van der Waals surface area contributed by atoms with E-state index in [2.05, 4.69) is 62.5 Å². The molecule has 0 saturated carbocycles. The van der Waals surface area contributed by atoms with Crippen molar-refractivity contribution in [2.75, 3.05) is 41.0 Å². The highest BCUT2D eigenvalue weighted by Gasteiger charge is 2.31. The van der Waals surface area contributed by atoms with Crippen LogP contribution in [0.15, 0.2) is 48.6 Å². The third-order valence-corrected chi connectivity index (χ3v) is 9.70. The average Bonchev–Trinajstić information content (AvgIpc) is 3.14. The van der Waals surface area contributed by atoms with Crippen LogP contribution in [0, 0.1) is 0 Å². The lowest BCUT2D eigenvalue weighted by atomic mass is 10.1. The first-order valence-electron chi connectivity index (χ1n) is 22.2. The Labute approximate surface area is 337 Å². The zero-order valence-electron chi connectivity index (χ0n) is 36.1. The molecule has 8 nitrogen and oxygen atoms in total. The van der Waals surface area contributed by atoms with Crippen LogP contribution in [0.4, 0.5) is 0 Å². The largest absolute Gasteiger partial charge is 0.477 e. The molecule has 0 aliphatic heterocycles. The number of esters is 2. The molecular weight excluding hydrogens is 691 g/mol. The molecule has 0 aliphatic carbocycles. The van der Waals surface area contributed by atoms with Crippen LogP contribution in [0.3, 0.4) is 0 Å². The van der Waals surface area contributed by atoms with Crippen LogP contribution < -0.4 is 0 Å². The van der Waals surface area contributed by atoms with E-state index >= 15 is 0 Å². The Balaban J connectivity index is 4.27. The number of hydrogen-bond donors (Lipinski definition) is 1. The molecule has 0 spiro atoms. The van der Waals surface area contributed by atoms with Crippen LogP contribution in [0.5, 0.6) is 0 Å². The molecule has 0 aromatic heterocycles. The fourth-order valence-electron chi connectivity index (χ4n) is 6.22. The number of allylic oxidation sites excluding steroid dienone is 8. The minimum Gasteiger partial charge on any atom is -0.477 e. The zero-order chi connectivity index (χ0) is 40.7. The minimum atomic E-state index is -0.881. The molecule has 2 unspecified atom stereocenters. The molecule has 1 N–H and O–H groups in total. The van der Waals surface area contributed by atoms with Gasteiger partial charge in [-0.25, -0.2) is 4.79 Å². The van der Waals surface area contributed by atoms with Crippen molar-refractivity contribution in [2.45, 2.75) is 193 Å². The third-order valence-electron chi connectivity index (χ3n) is 9.70. The molecule has 0 aromatic rings. The number of quaternary nitrogens is 1. The van der Waals surface area contributed by atoms with Crippen molar-refractivity contribution < 1.29 is 38.2 Å². The lowest BCUT2D eigenvalue weighted by Gasteiger charge is -2.31. The first kappa shape index (κ1) is 52.3.